The minimum absolute atomic E-state index is 0.0953. The molecular weight excluding hydrogens is 386 g/mol. The Kier molecular flexibility index (Phi) is 5.01. The number of rotatable bonds is 5. The molecule has 31 heavy (non-hydrogen) atoms. The maximum absolute atomic E-state index is 13.2. The van der Waals surface area contributed by atoms with Gasteiger partial charge in [-0.15, -0.1) is 0 Å². The van der Waals surface area contributed by atoms with Gasteiger partial charge in [0.25, 0.3) is 5.91 Å². The number of ether oxygens (including phenoxy) is 1. The molecular formula is C27H25NO3. The minimum Gasteiger partial charge on any atom is -0.465 e. The number of methoxy groups -OCH3 is 1. The first-order chi connectivity index (χ1) is 15.0. The fraction of sp³-hybridized carbons (Fsp3) is 0.259. The van der Waals surface area contributed by atoms with Crippen molar-refractivity contribution >= 4 is 11.9 Å². The van der Waals surface area contributed by atoms with Crippen LogP contribution in [0.1, 0.15) is 27.6 Å². The summed E-state index contributed by atoms with van der Waals surface area (Å²) in [6.07, 6.45) is 8.79. The second-order valence-corrected chi connectivity index (χ2v) is 8.63. The topological polar surface area (TPSA) is 46.6 Å². The molecule has 0 unspecified atom stereocenters. The smallest absolute Gasteiger partial charge is 0.337 e. The summed E-state index contributed by atoms with van der Waals surface area (Å²) in [6, 6.07) is 15.0. The van der Waals surface area contributed by atoms with Gasteiger partial charge < -0.3 is 9.64 Å². The Labute approximate surface area is 183 Å². The van der Waals surface area contributed by atoms with Gasteiger partial charge in [0.2, 0.25) is 0 Å². The first kappa shape index (κ1) is 19.8. The summed E-state index contributed by atoms with van der Waals surface area (Å²) in [4.78, 5) is 26.9. The Balaban J connectivity index is 1.30. The predicted octanol–water partition coefficient (Wildman–Crippen LogP) is 4.75. The Morgan fingerprint density at radius 1 is 0.839 bits per heavy atom. The normalized spacial score (nSPS) is 24.2. The molecule has 3 atom stereocenters. The number of likely N-dealkylation sites (tertiary alicyclic amines) is 1. The monoisotopic (exact) mass is 411 g/mol. The van der Waals surface area contributed by atoms with Gasteiger partial charge in [-0.05, 0) is 47.2 Å². The molecule has 0 N–H and O–H groups in total. The molecule has 4 heteroatoms. The van der Waals surface area contributed by atoms with Crippen molar-refractivity contribution in [1.82, 2.24) is 4.90 Å². The maximum atomic E-state index is 13.2. The van der Waals surface area contributed by atoms with Gasteiger partial charge in [0, 0.05) is 37.4 Å². The number of hydrogen-bond acceptors (Lipinski definition) is 3. The highest BCUT2D eigenvalue weighted by atomic mass is 16.5. The molecule has 2 aliphatic carbocycles. The molecule has 0 spiro atoms. The second kappa shape index (κ2) is 7.84. The van der Waals surface area contributed by atoms with Crippen LogP contribution in [0.15, 0.2) is 71.8 Å². The van der Waals surface area contributed by atoms with Gasteiger partial charge in [-0.1, -0.05) is 54.5 Å². The van der Waals surface area contributed by atoms with Crippen molar-refractivity contribution in [3.05, 3.63) is 95.8 Å². The molecule has 1 heterocycles. The lowest BCUT2D eigenvalue weighted by atomic mass is 9.75. The number of nitrogens with zero attached hydrogens (tertiary/aromatic N) is 1. The third kappa shape index (κ3) is 3.95. The highest BCUT2D eigenvalue weighted by Gasteiger charge is 2.43. The van der Waals surface area contributed by atoms with Crippen molar-refractivity contribution in [2.45, 2.75) is 6.92 Å². The summed E-state index contributed by atoms with van der Waals surface area (Å²) in [6.45, 7) is 3.82. The minimum atomic E-state index is -0.348. The predicted molar refractivity (Wildman–Crippen MR) is 120 cm³/mol. The zero-order chi connectivity index (χ0) is 21.5. The van der Waals surface area contributed by atoms with Crippen molar-refractivity contribution in [1.29, 1.82) is 0 Å². The summed E-state index contributed by atoms with van der Waals surface area (Å²) in [5.74, 6) is 1.13. The quantitative estimate of drug-likeness (QED) is 0.667. The van der Waals surface area contributed by atoms with Gasteiger partial charge >= 0.3 is 5.97 Å². The maximum Gasteiger partial charge on any atom is 0.337 e. The number of carbonyl (C=O) groups excluding carboxylic acids is 2. The van der Waals surface area contributed by atoms with E-state index in [1.807, 2.05) is 41.3 Å². The van der Waals surface area contributed by atoms with E-state index in [4.69, 9.17) is 4.74 Å². The Hall–Kier alpha value is -3.14. The molecule has 1 saturated heterocycles. The number of esters is 1. The van der Waals surface area contributed by atoms with Crippen LogP contribution in [-0.4, -0.2) is 37.0 Å². The standard InChI is InChI=1S/C27H25NO3/c1-17-15-28(16-24(20-7-8-20)25(17)21-9-10-21)26(29)22-11-3-18(4-12-22)19-5-13-23(14-6-19)27(30)31-2/h3-14,17,24-25H,15-16H2,1-2H3/t17-,24+,25-/m0/s1. The summed E-state index contributed by atoms with van der Waals surface area (Å²) in [5.41, 5.74) is 6.07. The fourth-order valence-corrected chi connectivity index (χ4v) is 4.79. The molecule has 0 bridgehead atoms. The molecule has 3 aliphatic rings. The third-order valence-electron chi connectivity index (χ3n) is 6.56. The number of allylic oxidation sites excluding steroid dienone is 3. The lowest BCUT2D eigenvalue weighted by molar-refractivity contribution is 0.0567. The van der Waals surface area contributed by atoms with E-state index in [0.717, 1.165) is 24.2 Å². The van der Waals surface area contributed by atoms with Crippen LogP contribution in [0.4, 0.5) is 0 Å². The molecule has 156 valence electrons. The highest BCUT2D eigenvalue weighted by molar-refractivity contribution is 5.95. The van der Waals surface area contributed by atoms with Crippen LogP contribution >= 0.6 is 0 Å². The molecule has 0 saturated carbocycles. The highest BCUT2D eigenvalue weighted by Crippen LogP contribution is 2.47. The average molecular weight is 412 g/mol. The zero-order valence-corrected chi connectivity index (χ0v) is 17.7. The first-order valence-electron chi connectivity index (χ1n) is 10.7. The van der Waals surface area contributed by atoms with Gasteiger partial charge in [0.15, 0.2) is 0 Å². The summed E-state index contributed by atoms with van der Waals surface area (Å²) in [5, 5.41) is 0. The van der Waals surface area contributed by atoms with Crippen LogP contribution in [0, 0.1) is 30.6 Å². The van der Waals surface area contributed by atoms with Crippen LogP contribution < -0.4 is 0 Å². The lowest BCUT2D eigenvalue weighted by Gasteiger charge is -2.42. The molecule has 2 aromatic carbocycles. The fourth-order valence-electron chi connectivity index (χ4n) is 4.79. The largest absolute Gasteiger partial charge is 0.465 e. The van der Waals surface area contributed by atoms with Gasteiger partial charge in [0.1, 0.15) is 0 Å². The van der Waals surface area contributed by atoms with E-state index < -0.39 is 0 Å². The Bertz CT molecular complexity index is 1080. The van der Waals surface area contributed by atoms with Crippen LogP contribution in [-0.2, 0) is 4.74 Å². The molecule has 1 fully saturated rings. The van der Waals surface area contributed by atoms with Crippen molar-refractivity contribution < 1.29 is 14.3 Å². The number of amides is 1. The number of hydrogen-bond donors (Lipinski definition) is 0. The van der Waals surface area contributed by atoms with Crippen molar-refractivity contribution in [2.24, 2.45) is 17.8 Å². The number of benzene rings is 2. The van der Waals surface area contributed by atoms with E-state index in [1.165, 1.54) is 18.3 Å². The van der Waals surface area contributed by atoms with Crippen molar-refractivity contribution in [2.75, 3.05) is 20.2 Å². The summed E-state index contributed by atoms with van der Waals surface area (Å²) in [7, 11) is 1.37. The Morgan fingerprint density at radius 3 is 1.90 bits per heavy atom. The number of carbonyl (C=O) groups is 2. The van der Waals surface area contributed by atoms with E-state index in [2.05, 4.69) is 31.9 Å². The van der Waals surface area contributed by atoms with Gasteiger partial charge in [-0.2, -0.15) is 0 Å². The lowest BCUT2D eigenvalue weighted by Crippen LogP contribution is -2.47. The van der Waals surface area contributed by atoms with Crippen LogP contribution in [0.25, 0.3) is 11.1 Å². The van der Waals surface area contributed by atoms with Gasteiger partial charge in [0.05, 0.1) is 12.7 Å². The molecule has 0 aromatic heterocycles. The summed E-state index contributed by atoms with van der Waals surface area (Å²) >= 11 is 0. The molecule has 4 nitrogen and oxygen atoms in total. The SMILES string of the molecule is COC(=O)c1ccc(-c2ccc(C(=O)N3C[C@H](C4=C[CH]4)[C@H](C4=C[CH]4)[C@@H](C)C3)cc2)cc1. The second-order valence-electron chi connectivity index (χ2n) is 8.63. The number of piperidine rings is 1. The third-order valence-corrected chi connectivity index (χ3v) is 6.56. The zero-order valence-electron chi connectivity index (χ0n) is 17.7. The molecule has 2 radical (unpaired) electrons. The van der Waals surface area contributed by atoms with Crippen LogP contribution in [0.3, 0.4) is 0 Å². The van der Waals surface area contributed by atoms with Crippen LogP contribution in [0.2, 0.25) is 0 Å². The van der Waals surface area contributed by atoms with Crippen LogP contribution in [0.5, 0.6) is 0 Å². The van der Waals surface area contributed by atoms with Gasteiger partial charge in [-0.25, -0.2) is 4.79 Å². The summed E-state index contributed by atoms with van der Waals surface area (Å²) < 4.78 is 4.75. The first-order valence-corrected chi connectivity index (χ1v) is 10.7. The van der Waals surface area contributed by atoms with E-state index in [-0.39, 0.29) is 11.9 Å². The van der Waals surface area contributed by atoms with E-state index in [9.17, 15) is 9.59 Å². The molecule has 5 rings (SSSR count). The molecule has 2 aromatic rings. The average Bonchev–Trinajstić information content (AvgIpc) is 3.71. The Morgan fingerprint density at radius 2 is 1.39 bits per heavy atom. The van der Waals surface area contributed by atoms with E-state index in [1.54, 1.807) is 12.1 Å². The van der Waals surface area contributed by atoms with E-state index in [0.29, 0.717) is 28.9 Å². The van der Waals surface area contributed by atoms with Crippen molar-refractivity contribution in [3.8, 4) is 11.1 Å². The van der Waals surface area contributed by atoms with Crippen molar-refractivity contribution in [3.63, 3.8) is 0 Å². The molecule has 1 amide bonds. The van der Waals surface area contributed by atoms with E-state index >= 15 is 0 Å². The molecule has 1 aliphatic heterocycles. The van der Waals surface area contributed by atoms with Gasteiger partial charge in [-0.3, -0.25) is 4.79 Å².